The average Bonchev–Trinajstić information content (AvgIpc) is 3.42. The summed E-state index contributed by atoms with van der Waals surface area (Å²) in [6.45, 7) is 2.21. The van der Waals surface area contributed by atoms with E-state index in [0.717, 1.165) is 18.5 Å². The van der Waals surface area contributed by atoms with Crippen LogP contribution in [0.4, 0.5) is 10.6 Å². The monoisotopic (exact) mass is 437 g/mol. The molecule has 3 rings (SSSR count). The fourth-order valence-corrected chi connectivity index (χ4v) is 4.65. The summed E-state index contributed by atoms with van der Waals surface area (Å²) in [4.78, 5) is 29.6. The molecule has 1 aliphatic carbocycles. The van der Waals surface area contributed by atoms with Crippen LogP contribution in [0.2, 0.25) is 0 Å². The average molecular weight is 438 g/mol. The maximum Gasteiger partial charge on any atom is 0.407 e. The van der Waals surface area contributed by atoms with E-state index in [0.29, 0.717) is 28.9 Å². The van der Waals surface area contributed by atoms with Gasteiger partial charge in [-0.15, -0.1) is 0 Å². The van der Waals surface area contributed by atoms with E-state index in [1.54, 1.807) is 20.4 Å². The van der Waals surface area contributed by atoms with Crippen LogP contribution in [-0.4, -0.2) is 70.1 Å². The van der Waals surface area contributed by atoms with Crippen LogP contribution in [0.15, 0.2) is 12.3 Å². The van der Waals surface area contributed by atoms with Gasteiger partial charge in [-0.3, -0.25) is 9.89 Å². The van der Waals surface area contributed by atoms with Gasteiger partial charge in [-0.25, -0.2) is 9.78 Å². The summed E-state index contributed by atoms with van der Waals surface area (Å²) in [5.74, 6) is 0.401. The number of rotatable bonds is 9. The normalized spacial score (nSPS) is 19.4. The Balaban J connectivity index is 1.57. The lowest BCUT2D eigenvalue weighted by Crippen LogP contribution is -2.46. The van der Waals surface area contributed by atoms with Gasteiger partial charge in [0.1, 0.15) is 5.01 Å². The van der Waals surface area contributed by atoms with Crippen LogP contribution in [-0.2, 0) is 16.0 Å². The Bertz CT molecular complexity index is 869. The molecule has 1 saturated carbocycles. The molecule has 2 heterocycles. The van der Waals surface area contributed by atoms with E-state index in [1.807, 2.05) is 13.0 Å². The molecule has 2 aromatic heterocycles. The molecular weight excluding hydrogens is 410 g/mol. The van der Waals surface area contributed by atoms with E-state index in [9.17, 15) is 14.7 Å². The lowest BCUT2D eigenvalue weighted by atomic mass is 10.0. The fraction of sp³-hybridized carbons (Fsp3) is 0.579. The number of thiazole rings is 1. The van der Waals surface area contributed by atoms with Gasteiger partial charge < -0.3 is 24.8 Å². The minimum atomic E-state index is -0.929. The summed E-state index contributed by atoms with van der Waals surface area (Å²) in [6.07, 6.45) is 3.13. The highest BCUT2D eigenvalue weighted by molar-refractivity contribution is 7.13. The number of nitrogens with zero attached hydrogens (tertiary/aromatic N) is 3. The minimum absolute atomic E-state index is 0.0705. The molecule has 3 N–H and O–H groups in total. The summed E-state index contributed by atoms with van der Waals surface area (Å²) in [7, 11) is 3.13. The number of nitrogens with one attached hydrogen (secondary N) is 2. The van der Waals surface area contributed by atoms with Gasteiger partial charge >= 0.3 is 6.09 Å². The first-order valence-electron chi connectivity index (χ1n) is 9.75. The van der Waals surface area contributed by atoms with E-state index >= 15 is 0 Å². The van der Waals surface area contributed by atoms with Crippen molar-refractivity contribution in [1.29, 1.82) is 0 Å². The number of H-pyrrole nitrogens is 1. The smallest absolute Gasteiger partial charge is 0.407 e. The predicted molar refractivity (Wildman–Crippen MR) is 111 cm³/mol. The largest absolute Gasteiger partial charge is 0.486 e. The highest BCUT2D eigenvalue weighted by Gasteiger charge is 2.35. The first-order valence-corrected chi connectivity index (χ1v) is 10.6. The van der Waals surface area contributed by atoms with Crippen LogP contribution < -0.4 is 10.1 Å². The van der Waals surface area contributed by atoms with E-state index < -0.39 is 6.09 Å². The summed E-state index contributed by atoms with van der Waals surface area (Å²) in [6, 6.07) is 1.54. The van der Waals surface area contributed by atoms with Crippen LogP contribution in [0.25, 0.3) is 0 Å². The van der Waals surface area contributed by atoms with Gasteiger partial charge in [-0.2, -0.15) is 5.10 Å². The van der Waals surface area contributed by atoms with Crippen molar-refractivity contribution in [2.24, 2.45) is 0 Å². The molecule has 3 atom stereocenters. The molecule has 1 aliphatic rings. The Morgan fingerprint density at radius 1 is 1.43 bits per heavy atom. The van der Waals surface area contributed by atoms with E-state index in [1.165, 1.54) is 16.2 Å². The Morgan fingerprint density at radius 3 is 2.90 bits per heavy atom. The third kappa shape index (κ3) is 5.28. The Hall–Kier alpha value is -2.66. The second kappa shape index (κ2) is 9.90. The fourth-order valence-electron chi connectivity index (χ4n) is 3.92. The first kappa shape index (κ1) is 22.0. The first-order chi connectivity index (χ1) is 14.4. The molecule has 0 aliphatic heterocycles. The van der Waals surface area contributed by atoms with Crippen LogP contribution in [0, 0.1) is 0 Å². The van der Waals surface area contributed by atoms with Crippen molar-refractivity contribution in [3.05, 3.63) is 23.0 Å². The highest BCUT2D eigenvalue weighted by atomic mass is 32.1. The van der Waals surface area contributed by atoms with E-state index in [4.69, 9.17) is 9.47 Å². The molecule has 0 radical (unpaired) electrons. The standard InChI is InChI=1S/C19H27N5O5S/c1-11(10-28-2)24(19(26)27)13-5-4-12(6-13)14-7-15(23-22-14)21-16(25)8-17-20-9-18(29-3)30-17/h7,9,11-13H,4-6,8,10H2,1-3H3,(H,26,27)(H2,21,22,23,25)/t11-,12?,13?/m0/s1. The van der Waals surface area contributed by atoms with Crippen molar-refractivity contribution in [1.82, 2.24) is 20.1 Å². The molecule has 2 unspecified atom stereocenters. The minimum Gasteiger partial charge on any atom is -0.486 e. The number of amides is 2. The van der Waals surface area contributed by atoms with E-state index in [-0.39, 0.29) is 30.3 Å². The second-order valence-electron chi connectivity index (χ2n) is 7.37. The number of aromatic nitrogens is 3. The van der Waals surface area contributed by atoms with Gasteiger partial charge in [0.25, 0.3) is 0 Å². The molecule has 11 heteroatoms. The van der Waals surface area contributed by atoms with Gasteiger partial charge in [-0.05, 0) is 26.2 Å². The zero-order valence-corrected chi connectivity index (χ0v) is 18.1. The molecule has 2 amide bonds. The Labute approximate surface area is 178 Å². The molecule has 0 aromatic carbocycles. The number of methoxy groups -OCH3 is 2. The molecule has 30 heavy (non-hydrogen) atoms. The van der Waals surface area contributed by atoms with Crippen LogP contribution in [0.5, 0.6) is 5.06 Å². The van der Waals surface area contributed by atoms with Crippen molar-refractivity contribution in [3.63, 3.8) is 0 Å². The van der Waals surface area contributed by atoms with Gasteiger partial charge in [-0.1, -0.05) is 11.3 Å². The summed E-state index contributed by atoms with van der Waals surface area (Å²) in [5, 5.41) is 20.9. The van der Waals surface area contributed by atoms with Gasteiger partial charge in [0.05, 0.1) is 32.4 Å². The maximum atomic E-state index is 12.2. The number of aromatic amines is 1. The molecular formula is C19H27N5O5S. The zero-order valence-electron chi connectivity index (χ0n) is 17.3. The van der Waals surface area contributed by atoms with Crippen LogP contribution >= 0.6 is 11.3 Å². The number of carboxylic acid groups (broad SMARTS) is 1. The molecule has 1 fully saturated rings. The lowest BCUT2D eigenvalue weighted by molar-refractivity contribution is -0.115. The maximum absolute atomic E-state index is 12.2. The van der Waals surface area contributed by atoms with Gasteiger partial charge in [0.2, 0.25) is 5.91 Å². The van der Waals surface area contributed by atoms with Crippen molar-refractivity contribution in [2.75, 3.05) is 26.1 Å². The molecule has 0 bridgehead atoms. The summed E-state index contributed by atoms with van der Waals surface area (Å²) >= 11 is 1.32. The summed E-state index contributed by atoms with van der Waals surface area (Å²) < 4.78 is 10.2. The molecule has 0 saturated heterocycles. The third-order valence-electron chi connectivity index (χ3n) is 5.25. The number of anilines is 1. The number of hydrogen-bond donors (Lipinski definition) is 3. The quantitative estimate of drug-likeness (QED) is 0.550. The Kier molecular flexibility index (Phi) is 7.27. The van der Waals surface area contributed by atoms with Crippen molar-refractivity contribution in [2.45, 2.75) is 50.6 Å². The number of carbonyl (C=O) groups excluding carboxylic acids is 1. The SMILES string of the molecule is COC[C@H](C)N(C(=O)O)C1CCC(c2cc(NC(=O)Cc3ncc(OC)s3)n[nH]2)C1. The number of hydrogen-bond acceptors (Lipinski definition) is 7. The van der Waals surface area contributed by atoms with Crippen molar-refractivity contribution < 1.29 is 24.2 Å². The molecule has 2 aromatic rings. The van der Waals surface area contributed by atoms with Crippen LogP contribution in [0.1, 0.15) is 42.8 Å². The predicted octanol–water partition coefficient (Wildman–Crippen LogP) is 2.71. The van der Waals surface area contributed by atoms with Crippen molar-refractivity contribution >= 4 is 29.2 Å². The highest BCUT2D eigenvalue weighted by Crippen LogP contribution is 2.37. The summed E-state index contributed by atoms with van der Waals surface area (Å²) in [5.41, 5.74) is 0.897. The van der Waals surface area contributed by atoms with Crippen molar-refractivity contribution in [3.8, 4) is 5.06 Å². The Morgan fingerprint density at radius 2 is 2.23 bits per heavy atom. The van der Waals surface area contributed by atoms with Crippen LogP contribution in [0.3, 0.4) is 0 Å². The molecule has 0 spiro atoms. The zero-order chi connectivity index (χ0) is 21.7. The van der Waals surface area contributed by atoms with Gasteiger partial charge in [0, 0.05) is 30.8 Å². The topological polar surface area (TPSA) is 130 Å². The third-order valence-corrected chi connectivity index (χ3v) is 6.21. The second-order valence-corrected chi connectivity index (χ2v) is 8.45. The number of carbonyl (C=O) groups is 2. The number of ether oxygens (including phenoxy) is 2. The molecule has 164 valence electrons. The molecule has 10 nitrogen and oxygen atoms in total. The van der Waals surface area contributed by atoms with Gasteiger partial charge in [0.15, 0.2) is 10.9 Å². The lowest BCUT2D eigenvalue weighted by Gasteiger charge is -2.31. The van der Waals surface area contributed by atoms with E-state index in [2.05, 4.69) is 20.5 Å².